The quantitative estimate of drug-likeness (QED) is 0.682. The molecule has 1 aromatic heterocycles. The molecule has 2 aromatic rings. The minimum absolute atomic E-state index is 0.0334. The highest BCUT2D eigenvalue weighted by molar-refractivity contribution is 7.91. The van der Waals surface area contributed by atoms with Crippen LogP contribution in [0.4, 0.5) is 10.2 Å². The maximum Gasteiger partial charge on any atom is 0.179 e. The Bertz CT molecular complexity index is 804. The first-order valence-corrected chi connectivity index (χ1v) is 7.98. The molecule has 0 bridgehead atoms. The number of fused-ring (bicyclic) bond motifs is 1. The number of benzene rings is 1. The Morgan fingerprint density at radius 3 is 2.86 bits per heavy atom. The molecule has 5 nitrogen and oxygen atoms in total. The number of aromatic nitrogens is 1. The minimum atomic E-state index is -3.37. The van der Waals surface area contributed by atoms with Crippen LogP contribution < -0.4 is 5.43 Å². The molecule has 2 heterocycles. The minimum Gasteiger partial charge on any atom is -0.261 e. The van der Waals surface area contributed by atoms with Gasteiger partial charge in [0.2, 0.25) is 0 Å². The summed E-state index contributed by atoms with van der Waals surface area (Å²) in [6.07, 6.45) is 1.85. The third-order valence-corrected chi connectivity index (χ3v) is 4.93. The standard InChI is InChI=1S/C14H12FN3O2S/c15-10-4-5-13-11(9-10)12(6-8-21(13,19)20)17-18-14-3-1-2-7-16-14/h1-5,7,9H,6,8H2,(H,16,18)/b17-12+. The molecule has 0 fully saturated rings. The zero-order chi connectivity index (χ0) is 14.9. The Morgan fingerprint density at radius 2 is 2.10 bits per heavy atom. The van der Waals surface area contributed by atoms with Crippen molar-refractivity contribution in [2.75, 3.05) is 11.2 Å². The van der Waals surface area contributed by atoms with Crippen molar-refractivity contribution in [1.82, 2.24) is 4.98 Å². The highest BCUT2D eigenvalue weighted by atomic mass is 32.2. The smallest absolute Gasteiger partial charge is 0.179 e. The van der Waals surface area contributed by atoms with E-state index < -0.39 is 15.7 Å². The van der Waals surface area contributed by atoms with Gasteiger partial charge < -0.3 is 0 Å². The van der Waals surface area contributed by atoms with Gasteiger partial charge in [-0.05, 0) is 30.3 Å². The lowest BCUT2D eigenvalue weighted by Crippen LogP contribution is -2.23. The first-order chi connectivity index (χ1) is 10.1. The number of nitrogens with one attached hydrogen (secondary N) is 1. The summed E-state index contributed by atoms with van der Waals surface area (Å²) in [6.45, 7) is 0. The van der Waals surface area contributed by atoms with Crippen LogP contribution in [0.3, 0.4) is 0 Å². The summed E-state index contributed by atoms with van der Waals surface area (Å²) >= 11 is 0. The third kappa shape index (κ3) is 2.78. The summed E-state index contributed by atoms with van der Waals surface area (Å²) in [4.78, 5) is 4.18. The average Bonchev–Trinajstić information content (AvgIpc) is 2.47. The lowest BCUT2D eigenvalue weighted by Gasteiger charge is -2.18. The fourth-order valence-corrected chi connectivity index (χ4v) is 3.61. The lowest BCUT2D eigenvalue weighted by molar-refractivity contribution is 0.593. The molecule has 0 unspecified atom stereocenters. The van der Waals surface area contributed by atoms with Gasteiger partial charge in [-0.3, -0.25) is 5.43 Å². The second-order valence-corrected chi connectivity index (χ2v) is 6.67. The number of anilines is 1. The molecule has 1 aliphatic heterocycles. The summed E-state index contributed by atoms with van der Waals surface area (Å²) in [5, 5.41) is 4.17. The normalized spacial score (nSPS) is 18.2. The molecule has 0 saturated heterocycles. The Morgan fingerprint density at radius 1 is 1.24 bits per heavy atom. The van der Waals surface area contributed by atoms with Crippen LogP contribution in [-0.2, 0) is 9.84 Å². The van der Waals surface area contributed by atoms with Gasteiger partial charge in [0.1, 0.15) is 11.6 Å². The predicted octanol–water partition coefficient (Wildman–Crippen LogP) is 2.21. The van der Waals surface area contributed by atoms with Crippen molar-refractivity contribution in [3.8, 4) is 0 Å². The Labute approximate surface area is 121 Å². The number of pyridine rings is 1. The molecule has 7 heteroatoms. The van der Waals surface area contributed by atoms with Crippen molar-refractivity contribution in [3.63, 3.8) is 0 Å². The molecule has 0 saturated carbocycles. The Hall–Kier alpha value is -2.28. The average molecular weight is 305 g/mol. The largest absolute Gasteiger partial charge is 0.261 e. The number of hydrogen-bond acceptors (Lipinski definition) is 5. The fraction of sp³-hybridized carbons (Fsp3) is 0.143. The fourth-order valence-electron chi connectivity index (χ4n) is 2.14. The van der Waals surface area contributed by atoms with E-state index in [-0.39, 0.29) is 17.1 Å². The van der Waals surface area contributed by atoms with Crippen molar-refractivity contribution in [2.24, 2.45) is 5.10 Å². The molecule has 1 N–H and O–H groups in total. The number of hydrazone groups is 1. The number of rotatable bonds is 2. The molecular weight excluding hydrogens is 293 g/mol. The SMILES string of the molecule is O=S1(=O)CC/C(=N\Nc2ccccn2)c2cc(F)ccc21. The van der Waals surface area contributed by atoms with Crippen LogP contribution in [0.2, 0.25) is 0 Å². The maximum absolute atomic E-state index is 13.4. The van der Waals surface area contributed by atoms with Crippen LogP contribution in [0.1, 0.15) is 12.0 Å². The van der Waals surface area contributed by atoms with E-state index in [9.17, 15) is 12.8 Å². The van der Waals surface area contributed by atoms with Crippen LogP contribution in [0.15, 0.2) is 52.6 Å². The summed E-state index contributed by atoms with van der Waals surface area (Å²) < 4.78 is 37.4. The van der Waals surface area contributed by atoms with Gasteiger partial charge in [0.05, 0.1) is 16.4 Å². The molecular formula is C14H12FN3O2S. The second-order valence-electron chi connectivity index (χ2n) is 4.59. The summed E-state index contributed by atoms with van der Waals surface area (Å²) in [5.41, 5.74) is 3.58. The molecule has 1 aromatic carbocycles. The van der Waals surface area contributed by atoms with Gasteiger partial charge in [-0.2, -0.15) is 5.10 Å². The molecule has 21 heavy (non-hydrogen) atoms. The van der Waals surface area contributed by atoms with E-state index in [1.807, 2.05) is 0 Å². The van der Waals surface area contributed by atoms with Gasteiger partial charge in [-0.25, -0.2) is 17.8 Å². The van der Waals surface area contributed by atoms with E-state index in [0.29, 0.717) is 17.1 Å². The Balaban J connectivity index is 2.00. The van der Waals surface area contributed by atoms with E-state index in [1.165, 1.54) is 12.1 Å². The van der Waals surface area contributed by atoms with Crippen molar-refractivity contribution in [3.05, 3.63) is 54.0 Å². The van der Waals surface area contributed by atoms with Gasteiger partial charge in [0.25, 0.3) is 0 Å². The second kappa shape index (κ2) is 5.25. The molecule has 3 rings (SSSR count). The van der Waals surface area contributed by atoms with Crippen molar-refractivity contribution in [2.45, 2.75) is 11.3 Å². The van der Waals surface area contributed by atoms with Gasteiger partial charge in [0.15, 0.2) is 9.84 Å². The van der Waals surface area contributed by atoms with Crippen LogP contribution in [0.25, 0.3) is 0 Å². The van der Waals surface area contributed by atoms with Crippen molar-refractivity contribution < 1.29 is 12.8 Å². The van der Waals surface area contributed by atoms with Gasteiger partial charge >= 0.3 is 0 Å². The van der Waals surface area contributed by atoms with E-state index in [2.05, 4.69) is 15.5 Å². The van der Waals surface area contributed by atoms with E-state index >= 15 is 0 Å². The van der Waals surface area contributed by atoms with Gasteiger partial charge in [-0.1, -0.05) is 6.07 Å². The van der Waals surface area contributed by atoms with E-state index in [1.54, 1.807) is 24.4 Å². The molecule has 0 radical (unpaired) electrons. The summed E-state index contributed by atoms with van der Waals surface area (Å²) in [7, 11) is -3.37. The van der Waals surface area contributed by atoms with Crippen LogP contribution >= 0.6 is 0 Å². The zero-order valence-electron chi connectivity index (χ0n) is 11.0. The van der Waals surface area contributed by atoms with E-state index in [4.69, 9.17) is 0 Å². The zero-order valence-corrected chi connectivity index (χ0v) is 11.8. The molecule has 0 aliphatic carbocycles. The van der Waals surface area contributed by atoms with Gasteiger partial charge in [0, 0.05) is 18.2 Å². The lowest BCUT2D eigenvalue weighted by atomic mass is 10.1. The first-order valence-electron chi connectivity index (χ1n) is 6.32. The number of sulfone groups is 1. The van der Waals surface area contributed by atoms with E-state index in [0.717, 1.165) is 6.07 Å². The molecule has 0 amide bonds. The number of hydrogen-bond donors (Lipinski definition) is 1. The van der Waals surface area contributed by atoms with Crippen LogP contribution in [0.5, 0.6) is 0 Å². The summed E-state index contributed by atoms with van der Waals surface area (Å²) in [5.74, 6) is 0.0155. The molecule has 1 aliphatic rings. The highest BCUT2D eigenvalue weighted by Gasteiger charge is 2.28. The van der Waals surface area contributed by atoms with Gasteiger partial charge in [-0.15, -0.1) is 0 Å². The van der Waals surface area contributed by atoms with Crippen molar-refractivity contribution >= 4 is 21.4 Å². The van der Waals surface area contributed by atoms with Crippen LogP contribution in [-0.4, -0.2) is 24.9 Å². The molecule has 108 valence electrons. The number of halogens is 1. The molecule has 0 atom stereocenters. The summed E-state index contributed by atoms with van der Waals surface area (Å²) in [6, 6.07) is 8.94. The Kier molecular flexibility index (Phi) is 3.42. The molecule has 0 spiro atoms. The topological polar surface area (TPSA) is 71.4 Å². The first kappa shape index (κ1) is 13.7. The van der Waals surface area contributed by atoms with Crippen LogP contribution in [0, 0.1) is 5.82 Å². The highest BCUT2D eigenvalue weighted by Crippen LogP contribution is 2.26. The predicted molar refractivity (Wildman–Crippen MR) is 77.5 cm³/mol. The third-order valence-electron chi connectivity index (χ3n) is 3.17. The van der Waals surface area contributed by atoms with Crippen molar-refractivity contribution in [1.29, 1.82) is 0 Å². The monoisotopic (exact) mass is 305 g/mol. The number of nitrogens with zero attached hydrogens (tertiary/aromatic N) is 2. The maximum atomic E-state index is 13.4.